The summed E-state index contributed by atoms with van der Waals surface area (Å²) in [7, 11) is 0. The first-order valence-electron chi connectivity index (χ1n) is 11.2. The van der Waals surface area contributed by atoms with Crippen molar-refractivity contribution in [2.45, 2.75) is 13.8 Å². The number of Topliss-reactive ketones (excluding diaryl/α,β-unsaturated/α-hetero) is 2. The number of piperazine rings is 1. The van der Waals surface area contributed by atoms with Gasteiger partial charge in [-0.2, -0.15) is 0 Å². The van der Waals surface area contributed by atoms with Crippen molar-refractivity contribution in [1.29, 1.82) is 0 Å². The van der Waals surface area contributed by atoms with Crippen LogP contribution in [-0.2, 0) is 32.7 Å². The van der Waals surface area contributed by atoms with E-state index in [1.54, 1.807) is 13.8 Å². The van der Waals surface area contributed by atoms with E-state index in [9.17, 15) is 9.59 Å². The van der Waals surface area contributed by atoms with Gasteiger partial charge in [0.05, 0.1) is 0 Å². The molecule has 5 aromatic carbocycles. The summed E-state index contributed by atoms with van der Waals surface area (Å²) in [4.78, 5) is 27.5. The van der Waals surface area contributed by atoms with Crippen molar-refractivity contribution in [3.8, 4) is 0 Å². The number of carbonyl (C=O) groups excluding carboxylic acids is 2. The zero-order valence-electron chi connectivity index (χ0n) is 19.9. The van der Waals surface area contributed by atoms with Crippen LogP contribution in [0.15, 0.2) is 54.6 Å². The van der Waals surface area contributed by atoms with Gasteiger partial charge in [0.15, 0.2) is 11.6 Å². The smallest absolute Gasteiger partial charge is 0.160 e. The molecule has 1 radical (unpaired) electrons. The fourth-order valence-electron chi connectivity index (χ4n) is 5.55. The maximum atomic E-state index is 12.5. The van der Waals surface area contributed by atoms with Crippen LogP contribution in [0.1, 0.15) is 34.6 Å². The quantitative estimate of drug-likeness (QED) is 0.211. The molecule has 0 bridgehead atoms. The van der Waals surface area contributed by atoms with Crippen LogP contribution >= 0.6 is 0 Å². The molecule has 1 aliphatic rings. The minimum atomic E-state index is -0.0192. The number of nitrogens with one attached hydrogen (secondary N) is 1. The maximum absolute atomic E-state index is 12.5. The minimum Gasteiger partial charge on any atom is -0.412 e. The van der Waals surface area contributed by atoms with Crippen LogP contribution in [-0.4, -0.2) is 48.7 Å². The van der Waals surface area contributed by atoms with Crippen LogP contribution < -0.4 is 10.2 Å². The van der Waals surface area contributed by atoms with Crippen molar-refractivity contribution in [3.05, 3.63) is 65.7 Å². The third-order valence-corrected chi connectivity index (χ3v) is 6.97. The molecule has 177 valence electrons. The average Bonchev–Trinajstić information content (AvgIpc) is 2.81. The van der Waals surface area contributed by atoms with Crippen LogP contribution in [0.2, 0.25) is 0 Å². The van der Waals surface area contributed by atoms with E-state index in [1.807, 2.05) is 12.1 Å². The molecule has 0 saturated carbocycles. The van der Waals surface area contributed by atoms with Crippen LogP contribution in [0, 0.1) is 0 Å². The van der Waals surface area contributed by atoms with Crippen LogP contribution in [0.4, 0.5) is 5.69 Å². The van der Waals surface area contributed by atoms with Crippen molar-refractivity contribution >= 4 is 60.3 Å². The summed E-state index contributed by atoms with van der Waals surface area (Å²) in [5.74, 6) is -0.0384. The molecule has 0 amide bonds. The standard InChI is InChI=1S/C28H24N2O2.2H2O.Y/c1-16(31)18-6-8-22-20-4-3-5-24-25(30-14-12-29-13-15-30)11-10-21(26(20)24)23-9-7-19(17(2)32)27(18)28(22)23;;;/h3-11,29H,12-15H2,1-2H3;2*1H2;. The largest absolute Gasteiger partial charge is 0.412 e. The van der Waals surface area contributed by atoms with Gasteiger partial charge in [0.25, 0.3) is 0 Å². The molecule has 0 aliphatic carbocycles. The summed E-state index contributed by atoms with van der Waals surface area (Å²) in [5.41, 5.74) is 2.50. The number of hydrogen-bond donors (Lipinski definition) is 1. The Balaban J connectivity index is 0.00000114. The van der Waals surface area contributed by atoms with Gasteiger partial charge in [0.1, 0.15) is 0 Å². The molecule has 5 aromatic rings. The Bertz CT molecular complexity index is 1510. The van der Waals surface area contributed by atoms with E-state index in [4.69, 9.17) is 0 Å². The maximum Gasteiger partial charge on any atom is 0.160 e. The van der Waals surface area contributed by atoms with E-state index >= 15 is 0 Å². The van der Waals surface area contributed by atoms with Gasteiger partial charge < -0.3 is 21.2 Å². The third kappa shape index (κ3) is 4.03. The second-order valence-electron chi connectivity index (χ2n) is 8.78. The fraction of sp³-hybridized carbons (Fsp3) is 0.214. The number of hydrogen-bond acceptors (Lipinski definition) is 4. The fourth-order valence-corrected chi connectivity index (χ4v) is 5.55. The van der Waals surface area contributed by atoms with Gasteiger partial charge in [-0.15, -0.1) is 0 Å². The number of fused-ring (bicyclic) bond motifs is 2. The first-order chi connectivity index (χ1) is 15.6. The second kappa shape index (κ2) is 10.3. The van der Waals surface area contributed by atoms with Gasteiger partial charge in [0, 0.05) is 86.5 Å². The Morgan fingerprint density at radius 2 is 1.14 bits per heavy atom. The van der Waals surface area contributed by atoms with E-state index in [-0.39, 0.29) is 55.2 Å². The summed E-state index contributed by atoms with van der Waals surface area (Å²) in [6.45, 7) is 7.12. The SMILES string of the molecule is CC(=O)c1ccc2c3cccc4c(N5CCNCC5)ccc(c5ccc(C(C)=O)c1c25)c43.O.O.[Y]. The molecule has 0 aromatic heterocycles. The van der Waals surface area contributed by atoms with Gasteiger partial charge >= 0.3 is 0 Å². The zero-order valence-corrected chi connectivity index (χ0v) is 22.7. The van der Waals surface area contributed by atoms with Crippen molar-refractivity contribution in [1.82, 2.24) is 5.32 Å². The second-order valence-corrected chi connectivity index (χ2v) is 8.78. The Morgan fingerprint density at radius 3 is 1.71 bits per heavy atom. The Kier molecular flexibility index (Phi) is 7.94. The van der Waals surface area contributed by atoms with Crippen LogP contribution in [0.25, 0.3) is 43.1 Å². The molecular weight excluding hydrogens is 517 g/mol. The molecule has 0 spiro atoms. The molecule has 0 atom stereocenters. The van der Waals surface area contributed by atoms with E-state index in [2.05, 4.69) is 52.7 Å². The molecule has 1 heterocycles. The van der Waals surface area contributed by atoms with Gasteiger partial charge in [0.2, 0.25) is 0 Å². The molecule has 1 aliphatic heterocycles. The molecule has 1 saturated heterocycles. The van der Waals surface area contributed by atoms with Crippen molar-refractivity contribution in [2.75, 3.05) is 31.1 Å². The molecule has 0 unspecified atom stereocenters. The predicted octanol–water partition coefficient (Wildman–Crippen LogP) is 3.90. The molecule has 6 nitrogen and oxygen atoms in total. The van der Waals surface area contributed by atoms with Crippen molar-refractivity contribution in [3.63, 3.8) is 0 Å². The van der Waals surface area contributed by atoms with E-state index < -0.39 is 0 Å². The molecule has 35 heavy (non-hydrogen) atoms. The summed E-state index contributed by atoms with van der Waals surface area (Å²) in [6, 6.07) is 18.8. The molecular formula is C28H28N2O4Y. The minimum absolute atomic E-state index is 0. The summed E-state index contributed by atoms with van der Waals surface area (Å²) in [6.07, 6.45) is 0. The molecule has 5 N–H and O–H groups in total. The van der Waals surface area contributed by atoms with E-state index in [0.29, 0.717) is 11.1 Å². The average molecular weight is 545 g/mol. The van der Waals surface area contributed by atoms with Crippen LogP contribution in [0.5, 0.6) is 0 Å². The summed E-state index contributed by atoms with van der Waals surface area (Å²) >= 11 is 0. The Morgan fingerprint density at radius 1 is 0.657 bits per heavy atom. The van der Waals surface area contributed by atoms with Crippen molar-refractivity contribution < 1.29 is 53.3 Å². The number of anilines is 1. The van der Waals surface area contributed by atoms with E-state index in [0.717, 1.165) is 47.7 Å². The van der Waals surface area contributed by atoms with E-state index in [1.165, 1.54) is 27.2 Å². The summed E-state index contributed by atoms with van der Waals surface area (Å²) in [5, 5.41) is 12.3. The molecule has 7 heteroatoms. The van der Waals surface area contributed by atoms with Crippen LogP contribution in [0.3, 0.4) is 0 Å². The van der Waals surface area contributed by atoms with Gasteiger partial charge in [-0.05, 0) is 52.2 Å². The zero-order chi connectivity index (χ0) is 22.0. The summed E-state index contributed by atoms with van der Waals surface area (Å²) < 4.78 is 0. The van der Waals surface area contributed by atoms with Gasteiger partial charge in [-0.1, -0.05) is 48.5 Å². The number of benzene rings is 5. The topological polar surface area (TPSA) is 112 Å². The third-order valence-electron chi connectivity index (χ3n) is 6.97. The Hall–Kier alpha value is -2.48. The number of nitrogens with zero attached hydrogens (tertiary/aromatic N) is 1. The first-order valence-corrected chi connectivity index (χ1v) is 11.2. The normalized spacial score (nSPS) is 13.5. The molecule has 1 fully saturated rings. The number of rotatable bonds is 3. The predicted molar refractivity (Wildman–Crippen MR) is 140 cm³/mol. The Labute approximate surface area is 228 Å². The first kappa shape index (κ1) is 27.1. The molecule has 6 rings (SSSR count). The van der Waals surface area contributed by atoms with Gasteiger partial charge in [-0.3, -0.25) is 9.59 Å². The monoisotopic (exact) mass is 545 g/mol. The number of ketones is 2. The number of carbonyl (C=O) groups is 2. The van der Waals surface area contributed by atoms with Crippen molar-refractivity contribution in [2.24, 2.45) is 0 Å². The van der Waals surface area contributed by atoms with Gasteiger partial charge in [-0.25, -0.2) is 0 Å².